The Labute approximate surface area is 99.2 Å². The highest BCUT2D eigenvalue weighted by Gasteiger charge is 2.36. The number of nitrogens with two attached hydrogens (primary N) is 1. The van der Waals surface area contributed by atoms with Gasteiger partial charge in [0.2, 0.25) is 10.0 Å². The molecule has 0 radical (unpaired) electrons. The average molecular weight is 248 g/mol. The van der Waals surface area contributed by atoms with Crippen LogP contribution < -0.4 is 5.73 Å². The van der Waals surface area contributed by atoms with Gasteiger partial charge in [0, 0.05) is 18.6 Å². The van der Waals surface area contributed by atoms with Gasteiger partial charge in [0.05, 0.1) is 5.75 Å². The van der Waals surface area contributed by atoms with Gasteiger partial charge in [0.15, 0.2) is 0 Å². The second-order valence-corrected chi connectivity index (χ2v) is 7.09. The summed E-state index contributed by atoms with van der Waals surface area (Å²) < 4.78 is 26.2. The van der Waals surface area contributed by atoms with Gasteiger partial charge in [-0.15, -0.1) is 0 Å². The quantitative estimate of drug-likeness (QED) is 0.812. The van der Waals surface area contributed by atoms with E-state index in [-0.39, 0.29) is 23.8 Å². The minimum Gasteiger partial charge on any atom is -0.329 e. The summed E-state index contributed by atoms with van der Waals surface area (Å²) in [5, 5.41) is 0. The van der Waals surface area contributed by atoms with Crippen molar-refractivity contribution >= 4 is 10.0 Å². The van der Waals surface area contributed by atoms with Gasteiger partial charge in [-0.2, -0.15) is 4.31 Å². The lowest BCUT2D eigenvalue weighted by molar-refractivity contribution is 0.195. The van der Waals surface area contributed by atoms with Crippen molar-refractivity contribution in [1.29, 1.82) is 0 Å². The molecule has 2 unspecified atom stereocenters. The summed E-state index contributed by atoms with van der Waals surface area (Å²) in [4.78, 5) is 0. The largest absolute Gasteiger partial charge is 0.329 e. The molecule has 1 saturated heterocycles. The second-order valence-electron chi connectivity index (χ2n) is 5.17. The van der Waals surface area contributed by atoms with Crippen molar-refractivity contribution in [2.24, 2.45) is 11.7 Å². The number of hydrogen-bond acceptors (Lipinski definition) is 3. The van der Waals surface area contributed by atoms with E-state index in [0.29, 0.717) is 6.54 Å². The molecule has 0 bridgehead atoms. The van der Waals surface area contributed by atoms with Gasteiger partial charge < -0.3 is 5.73 Å². The van der Waals surface area contributed by atoms with E-state index in [1.165, 1.54) is 0 Å². The van der Waals surface area contributed by atoms with Crippen LogP contribution >= 0.6 is 0 Å². The molecule has 1 heterocycles. The van der Waals surface area contributed by atoms with E-state index < -0.39 is 10.0 Å². The van der Waals surface area contributed by atoms with Crippen LogP contribution in [0.5, 0.6) is 0 Å². The SMILES string of the molecule is CC(C)CS(=O)(=O)N1C(C)CCCC1CN. The summed E-state index contributed by atoms with van der Waals surface area (Å²) >= 11 is 0. The molecule has 0 aromatic carbocycles. The molecule has 4 nitrogen and oxygen atoms in total. The molecule has 1 aliphatic rings. The van der Waals surface area contributed by atoms with Gasteiger partial charge in [0.25, 0.3) is 0 Å². The van der Waals surface area contributed by atoms with Gasteiger partial charge in [0.1, 0.15) is 0 Å². The van der Waals surface area contributed by atoms with E-state index in [1.807, 2.05) is 20.8 Å². The van der Waals surface area contributed by atoms with E-state index in [0.717, 1.165) is 19.3 Å². The van der Waals surface area contributed by atoms with Crippen molar-refractivity contribution in [2.75, 3.05) is 12.3 Å². The predicted molar refractivity (Wildman–Crippen MR) is 66.6 cm³/mol. The highest BCUT2D eigenvalue weighted by molar-refractivity contribution is 7.89. The first kappa shape index (κ1) is 13.9. The van der Waals surface area contributed by atoms with Crippen molar-refractivity contribution in [3.05, 3.63) is 0 Å². The van der Waals surface area contributed by atoms with Crippen LogP contribution in [0.15, 0.2) is 0 Å². The lowest BCUT2D eigenvalue weighted by Gasteiger charge is -2.39. The van der Waals surface area contributed by atoms with Crippen LogP contribution in [-0.2, 0) is 10.0 Å². The molecule has 0 aliphatic carbocycles. The number of nitrogens with zero attached hydrogens (tertiary/aromatic N) is 1. The zero-order chi connectivity index (χ0) is 12.3. The Balaban J connectivity index is 2.88. The minimum atomic E-state index is -3.14. The van der Waals surface area contributed by atoms with Crippen LogP contribution in [0.4, 0.5) is 0 Å². The van der Waals surface area contributed by atoms with Crippen molar-refractivity contribution in [1.82, 2.24) is 4.31 Å². The zero-order valence-electron chi connectivity index (χ0n) is 10.5. The van der Waals surface area contributed by atoms with Gasteiger partial charge >= 0.3 is 0 Å². The standard InChI is InChI=1S/C11H24N2O2S/c1-9(2)8-16(14,15)13-10(3)5-4-6-11(13)7-12/h9-11H,4-8,12H2,1-3H3. The molecule has 1 fully saturated rings. The monoisotopic (exact) mass is 248 g/mol. The fourth-order valence-electron chi connectivity index (χ4n) is 2.49. The van der Waals surface area contributed by atoms with E-state index in [2.05, 4.69) is 0 Å². The molecule has 0 aromatic heterocycles. The third-order valence-electron chi connectivity index (χ3n) is 3.09. The van der Waals surface area contributed by atoms with E-state index >= 15 is 0 Å². The Morgan fingerprint density at radius 3 is 2.50 bits per heavy atom. The Morgan fingerprint density at radius 1 is 1.38 bits per heavy atom. The number of rotatable bonds is 4. The smallest absolute Gasteiger partial charge is 0.214 e. The van der Waals surface area contributed by atoms with Crippen LogP contribution in [-0.4, -0.2) is 37.1 Å². The molecule has 16 heavy (non-hydrogen) atoms. The van der Waals surface area contributed by atoms with Crippen LogP contribution in [0.2, 0.25) is 0 Å². The first-order chi connectivity index (χ1) is 7.38. The highest BCUT2D eigenvalue weighted by Crippen LogP contribution is 2.26. The molecular formula is C11H24N2O2S. The zero-order valence-corrected chi connectivity index (χ0v) is 11.3. The van der Waals surface area contributed by atoms with Crippen molar-refractivity contribution in [3.63, 3.8) is 0 Å². The summed E-state index contributed by atoms with van der Waals surface area (Å²) in [6, 6.07) is 0.110. The third kappa shape index (κ3) is 3.18. The Kier molecular flexibility index (Phi) is 4.76. The van der Waals surface area contributed by atoms with Crippen molar-refractivity contribution < 1.29 is 8.42 Å². The molecule has 2 atom stereocenters. The third-order valence-corrected chi connectivity index (χ3v) is 5.48. The van der Waals surface area contributed by atoms with Gasteiger partial charge in [-0.05, 0) is 25.7 Å². The molecule has 1 rings (SSSR count). The maximum Gasteiger partial charge on any atom is 0.214 e. The molecule has 0 aromatic rings. The Bertz CT molecular complexity index is 314. The summed E-state index contributed by atoms with van der Waals surface area (Å²) in [7, 11) is -3.14. The summed E-state index contributed by atoms with van der Waals surface area (Å²) in [5.41, 5.74) is 5.68. The maximum absolute atomic E-state index is 12.2. The van der Waals surface area contributed by atoms with E-state index in [1.54, 1.807) is 4.31 Å². The first-order valence-electron chi connectivity index (χ1n) is 6.09. The molecule has 96 valence electrons. The molecule has 1 aliphatic heterocycles. The normalized spacial score (nSPS) is 28.6. The lowest BCUT2D eigenvalue weighted by Crippen LogP contribution is -2.52. The molecule has 5 heteroatoms. The lowest BCUT2D eigenvalue weighted by atomic mass is 10.00. The summed E-state index contributed by atoms with van der Waals surface area (Å²) in [6.07, 6.45) is 2.93. The average Bonchev–Trinajstić information content (AvgIpc) is 2.14. The molecule has 0 saturated carbocycles. The van der Waals surface area contributed by atoms with Crippen LogP contribution in [0, 0.1) is 5.92 Å². The molecule has 0 spiro atoms. The Hall–Kier alpha value is -0.130. The summed E-state index contributed by atoms with van der Waals surface area (Å²) in [5.74, 6) is 0.394. The number of hydrogen-bond donors (Lipinski definition) is 1. The molecule has 0 amide bonds. The van der Waals surface area contributed by atoms with Crippen LogP contribution in [0.3, 0.4) is 0 Å². The second kappa shape index (κ2) is 5.47. The number of sulfonamides is 1. The van der Waals surface area contributed by atoms with E-state index in [9.17, 15) is 8.42 Å². The van der Waals surface area contributed by atoms with Crippen molar-refractivity contribution in [2.45, 2.75) is 52.1 Å². The first-order valence-corrected chi connectivity index (χ1v) is 7.70. The molecule has 2 N–H and O–H groups in total. The highest BCUT2D eigenvalue weighted by atomic mass is 32.2. The van der Waals surface area contributed by atoms with Crippen LogP contribution in [0.25, 0.3) is 0 Å². The number of piperidine rings is 1. The topological polar surface area (TPSA) is 63.4 Å². The van der Waals surface area contributed by atoms with Gasteiger partial charge in [-0.25, -0.2) is 8.42 Å². The van der Waals surface area contributed by atoms with Crippen molar-refractivity contribution in [3.8, 4) is 0 Å². The van der Waals surface area contributed by atoms with E-state index in [4.69, 9.17) is 5.73 Å². The fourth-order valence-corrected chi connectivity index (χ4v) is 4.81. The van der Waals surface area contributed by atoms with Crippen LogP contribution in [0.1, 0.15) is 40.0 Å². The van der Waals surface area contributed by atoms with Gasteiger partial charge in [-0.3, -0.25) is 0 Å². The summed E-state index contributed by atoms with van der Waals surface area (Å²) in [6.45, 7) is 6.29. The minimum absolute atomic E-state index is 0.00694. The predicted octanol–water partition coefficient (Wildman–Crippen LogP) is 1.17. The fraction of sp³-hybridized carbons (Fsp3) is 1.00. The van der Waals surface area contributed by atoms with Gasteiger partial charge in [-0.1, -0.05) is 20.3 Å². The maximum atomic E-state index is 12.2. The molecular weight excluding hydrogens is 224 g/mol. The Morgan fingerprint density at radius 2 is 2.00 bits per heavy atom.